The van der Waals surface area contributed by atoms with Gasteiger partial charge in [-0.1, -0.05) is 35.5 Å². The Morgan fingerprint density at radius 1 is 1.06 bits per heavy atom. The highest BCUT2D eigenvalue weighted by Gasteiger charge is 2.13. The Hall–Kier alpha value is -2.82. The number of ether oxygens (including phenoxy) is 2. The number of nitrogens with two attached hydrogens (primary N) is 1. The van der Waals surface area contributed by atoms with Crippen molar-refractivity contribution in [3.8, 4) is 11.5 Å². The molecule has 0 aliphatic rings. The van der Waals surface area contributed by atoms with Crippen LogP contribution in [0.5, 0.6) is 11.5 Å². The van der Waals surface area contributed by atoms with Crippen molar-refractivity contribution in [1.29, 1.82) is 0 Å². The van der Waals surface area contributed by atoms with E-state index < -0.39 is 5.82 Å². The van der Waals surface area contributed by atoms with Crippen LogP contribution in [0.15, 0.2) is 59.1 Å². The van der Waals surface area contributed by atoms with Crippen molar-refractivity contribution in [1.82, 2.24) is 19.9 Å². The van der Waals surface area contributed by atoms with Crippen LogP contribution in [-0.2, 0) is 19.0 Å². The van der Waals surface area contributed by atoms with Gasteiger partial charge in [0.1, 0.15) is 24.0 Å². The smallest absolute Gasteiger partial charge is 0.210 e. The van der Waals surface area contributed by atoms with Crippen LogP contribution in [0.1, 0.15) is 16.5 Å². The Kier molecular flexibility index (Phi) is 6.90. The topological polar surface area (TPSA) is 88.1 Å². The maximum Gasteiger partial charge on any atom is 0.210 e. The van der Waals surface area contributed by atoms with Crippen LogP contribution >= 0.6 is 34.7 Å². The van der Waals surface area contributed by atoms with E-state index >= 15 is 0 Å². The number of hydrogen-bond acceptors (Lipinski definition) is 8. The average molecular weight is 478 g/mol. The molecule has 31 heavy (non-hydrogen) atoms. The number of nitrogen functional groups attached to an aromatic ring is 1. The minimum atomic E-state index is -0.445. The highest BCUT2D eigenvalue weighted by atomic mass is 35.5. The Balaban J connectivity index is 1.28. The van der Waals surface area contributed by atoms with Gasteiger partial charge in [0.15, 0.2) is 17.4 Å². The number of benzene rings is 2. The molecular formula is C20H17ClFN5O2S2. The van der Waals surface area contributed by atoms with Gasteiger partial charge in [0.05, 0.1) is 5.69 Å². The summed E-state index contributed by atoms with van der Waals surface area (Å²) in [6.07, 6.45) is 0. The van der Waals surface area contributed by atoms with Gasteiger partial charge in [-0.2, -0.15) is 0 Å². The number of nitrogens with zero attached hydrogens (tertiary/aromatic N) is 4. The van der Waals surface area contributed by atoms with Crippen LogP contribution in [-0.4, -0.2) is 19.9 Å². The Labute approximate surface area is 191 Å². The van der Waals surface area contributed by atoms with Crippen molar-refractivity contribution in [2.45, 2.75) is 24.1 Å². The molecule has 0 fully saturated rings. The van der Waals surface area contributed by atoms with Crippen molar-refractivity contribution >= 4 is 34.7 Å². The first-order valence-electron chi connectivity index (χ1n) is 9.09. The van der Waals surface area contributed by atoms with Crippen molar-refractivity contribution in [3.63, 3.8) is 0 Å². The summed E-state index contributed by atoms with van der Waals surface area (Å²) < 4.78 is 26.1. The molecule has 0 unspecified atom stereocenters. The lowest BCUT2D eigenvalue weighted by molar-refractivity contribution is 0.277. The van der Waals surface area contributed by atoms with Crippen LogP contribution in [0.25, 0.3) is 0 Å². The number of thioether (sulfide) groups is 1. The predicted octanol–water partition coefficient (Wildman–Crippen LogP) is 4.69. The lowest BCUT2D eigenvalue weighted by Crippen LogP contribution is -2.16. The Morgan fingerprint density at radius 2 is 1.87 bits per heavy atom. The van der Waals surface area contributed by atoms with Gasteiger partial charge >= 0.3 is 0 Å². The molecule has 0 saturated heterocycles. The van der Waals surface area contributed by atoms with E-state index in [0.29, 0.717) is 28.4 Å². The Bertz CT molecular complexity index is 1150. The zero-order valence-corrected chi connectivity index (χ0v) is 18.5. The monoisotopic (exact) mass is 477 g/mol. The summed E-state index contributed by atoms with van der Waals surface area (Å²) in [6.45, 7) is 0.384. The number of halogens is 2. The fourth-order valence-corrected chi connectivity index (χ4v) is 4.21. The molecule has 2 N–H and O–H groups in total. The average Bonchev–Trinajstić information content (AvgIpc) is 3.38. The molecule has 0 aliphatic heterocycles. The maximum absolute atomic E-state index is 13.7. The molecule has 160 valence electrons. The van der Waals surface area contributed by atoms with Crippen molar-refractivity contribution in [2.24, 2.45) is 0 Å². The number of hydrogen-bond donors (Lipinski definition) is 1. The molecule has 0 radical (unpaired) electrons. The summed E-state index contributed by atoms with van der Waals surface area (Å²) in [4.78, 5) is 4.56. The molecule has 2 heterocycles. The highest BCUT2D eigenvalue weighted by molar-refractivity contribution is 7.98. The van der Waals surface area contributed by atoms with E-state index in [-0.39, 0.29) is 12.4 Å². The van der Waals surface area contributed by atoms with Gasteiger partial charge in [0.25, 0.3) is 0 Å². The minimum absolute atomic E-state index is 0.00782. The predicted molar refractivity (Wildman–Crippen MR) is 118 cm³/mol. The fourth-order valence-electron chi connectivity index (χ4n) is 2.50. The van der Waals surface area contributed by atoms with E-state index in [1.807, 2.05) is 17.5 Å². The Morgan fingerprint density at radius 3 is 2.68 bits per heavy atom. The van der Waals surface area contributed by atoms with Gasteiger partial charge in [-0.05, 0) is 36.4 Å². The molecule has 0 saturated carbocycles. The standard InChI is InChI=1S/C20H17ClFN5O2S2/c21-13-5-7-15(8-6-13)28-10-19-24-14(11-30-19)12-31-20-26-25-18(27(20)23)9-29-17-4-2-1-3-16(17)22/h1-8,11H,9-10,12,23H2. The second kappa shape index (κ2) is 9.99. The van der Waals surface area contributed by atoms with Gasteiger partial charge in [0, 0.05) is 16.2 Å². The van der Waals surface area contributed by atoms with Gasteiger partial charge in [-0.25, -0.2) is 14.1 Å². The third kappa shape index (κ3) is 5.66. The first-order valence-corrected chi connectivity index (χ1v) is 11.3. The summed E-state index contributed by atoms with van der Waals surface area (Å²) in [5, 5.41) is 12.1. The molecule has 0 spiro atoms. The normalized spacial score (nSPS) is 10.9. The molecule has 0 amide bonds. The lowest BCUT2D eigenvalue weighted by atomic mass is 10.3. The summed E-state index contributed by atoms with van der Waals surface area (Å²) in [5.74, 6) is 7.43. The van der Waals surface area contributed by atoms with Gasteiger partial charge in [-0.15, -0.1) is 21.5 Å². The summed E-state index contributed by atoms with van der Waals surface area (Å²) in [6, 6.07) is 13.3. The summed E-state index contributed by atoms with van der Waals surface area (Å²) in [5.41, 5.74) is 0.886. The van der Waals surface area contributed by atoms with Gasteiger partial charge < -0.3 is 15.3 Å². The van der Waals surface area contributed by atoms with Crippen LogP contribution in [0, 0.1) is 5.82 Å². The molecule has 4 aromatic rings. The van der Waals surface area contributed by atoms with E-state index in [9.17, 15) is 4.39 Å². The van der Waals surface area contributed by atoms with Crippen molar-refractivity contribution < 1.29 is 13.9 Å². The van der Waals surface area contributed by atoms with Crippen LogP contribution in [0.4, 0.5) is 4.39 Å². The van der Waals surface area contributed by atoms with Crippen molar-refractivity contribution in [3.05, 3.63) is 81.3 Å². The number of aromatic nitrogens is 4. The number of para-hydroxylation sites is 1. The van der Waals surface area contributed by atoms with Crippen LogP contribution in [0.2, 0.25) is 5.02 Å². The fraction of sp³-hybridized carbons (Fsp3) is 0.150. The first kappa shape index (κ1) is 21.4. The molecular weight excluding hydrogens is 461 g/mol. The van der Waals surface area contributed by atoms with E-state index in [2.05, 4.69) is 15.2 Å². The first-order chi connectivity index (χ1) is 15.1. The molecule has 11 heteroatoms. The molecule has 4 rings (SSSR count). The largest absolute Gasteiger partial charge is 0.486 e. The van der Waals surface area contributed by atoms with E-state index in [0.717, 1.165) is 16.5 Å². The third-order valence-electron chi connectivity index (χ3n) is 4.05. The van der Waals surface area contributed by atoms with Gasteiger partial charge in [-0.3, -0.25) is 0 Å². The van der Waals surface area contributed by atoms with Gasteiger partial charge in [0.2, 0.25) is 5.16 Å². The van der Waals surface area contributed by atoms with Crippen molar-refractivity contribution in [2.75, 3.05) is 5.84 Å². The molecule has 7 nitrogen and oxygen atoms in total. The second-order valence-corrected chi connectivity index (χ2v) is 8.57. The maximum atomic E-state index is 13.7. The van der Waals surface area contributed by atoms with E-state index in [1.165, 1.54) is 33.8 Å². The summed E-state index contributed by atoms with van der Waals surface area (Å²) >= 11 is 8.79. The molecule has 2 aromatic heterocycles. The highest BCUT2D eigenvalue weighted by Crippen LogP contribution is 2.24. The molecule has 0 atom stereocenters. The zero-order chi connectivity index (χ0) is 21.6. The van der Waals surface area contributed by atoms with E-state index in [4.69, 9.17) is 26.9 Å². The second-order valence-electron chi connectivity index (χ2n) is 6.25. The lowest BCUT2D eigenvalue weighted by Gasteiger charge is -2.06. The minimum Gasteiger partial charge on any atom is -0.486 e. The number of thiazole rings is 1. The number of rotatable bonds is 9. The SMILES string of the molecule is Nn1c(COc2ccccc2F)nnc1SCc1csc(COc2ccc(Cl)cc2)n1. The quantitative estimate of drug-likeness (QED) is 0.276. The van der Waals surface area contributed by atoms with Crippen LogP contribution in [0.3, 0.4) is 0 Å². The third-order valence-corrected chi connectivity index (χ3v) is 6.15. The molecule has 0 bridgehead atoms. The van der Waals surface area contributed by atoms with E-state index in [1.54, 1.807) is 30.3 Å². The zero-order valence-electron chi connectivity index (χ0n) is 16.1. The molecule has 0 aliphatic carbocycles. The molecule has 2 aromatic carbocycles. The summed E-state index contributed by atoms with van der Waals surface area (Å²) in [7, 11) is 0. The van der Waals surface area contributed by atoms with Crippen LogP contribution < -0.4 is 15.3 Å².